The van der Waals surface area contributed by atoms with E-state index in [1.54, 1.807) is 20.8 Å². The highest BCUT2D eigenvalue weighted by Crippen LogP contribution is 2.37. The monoisotopic (exact) mass is 357 g/mol. The van der Waals surface area contributed by atoms with Crippen LogP contribution in [0.1, 0.15) is 27.2 Å². The third-order valence-electron chi connectivity index (χ3n) is 3.15. The van der Waals surface area contributed by atoms with Gasteiger partial charge in [0, 0.05) is 0 Å². The molecule has 0 aliphatic heterocycles. The van der Waals surface area contributed by atoms with Gasteiger partial charge in [0.15, 0.2) is 0 Å². The van der Waals surface area contributed by atoms with E-state index in [1.165, 1.54) is 12.2 Å². The Morgan fingerprint density at radius 3 is 2.50 bits per heavy atom. The lowest BCUT2D eigenvalue weighted by Gasteiger charge is -2.32. The first-order valence-electron chi connectivity index (χ1n) is 7.29. The van der Waals surface area contributed by atoms with E-state index in [-0.39, 0.29) is 6.61 Å². The van der Waals surface area contributed by atoms with Gasteiger partial charge in [-0.1, -0.05) is 35.6 Å². The van der Waals surface area contributed by atoms with Crippen molar-refractivity contribution in [1.82, 2.24) is 0 Å². The van der Waals surface area contributed by atoms with Gasteiger partial charge in [0.05, 0.1) is 12.7 Å². The fraction of sp³-hybridized carbons (Fsp3) is 0.533. The average molecular weight is 357 g/mol. The molecule has 2 atom stereocenters. The summed E-state index contributed by atoms with van der Waals surface area (Å²) in [6, 6.07) is 0. The van der Waals surface area contributed by atoms with E-state index in [2.05, 4.69) is 4.40 Å². The van der Waals surface area contributed by atoms with Crippen LogP contribution in [0.5, 0.6) is 0 Å². The number of nitrogens with zero attached hydrogens (tertiary/aromatic N) is 1. The quantitative estimate of drug-likeness (QED) is 0.289. The van der Waals surface area contributed by atoms with Gasteiger partial charge in [-0.3, -0.25) is 9.59 Å². The first-order valence-corrected chi connectivity index (χ1v) is 8.80. The highest BCUT2D eigenvalue weighted by molar-refractivity contribution is 7.91. The van der Waals surface area contributed by atoms with E-state index < -0.39 is 38.7 Å². The molecule has 24 heavy (non-hydrogen) atoms. The van der Waals surface area contributed by atoms with Crippen molar-refractivity contribution < 1.29 is 32.3 Å². The molecular formula is C15H19NO7S. The Morgan fingerprint density at radius 2 is 1.96 bits per heavy atom. The van der Waals surface area contributed by atoms with Crippen LogP contribution in [0.25, 0.3) is 0 Å². The number of isocyanates is 1. The number of carbonyl (C=O) groups is 2. The highest BCUT2D eigenvalue weighted by atomic mass is 32.2. The van der Waals surface area contributed by atoms with Gasteiger partial charge in [0.2, 0.25) is 5.41 Å². The minimum Gasteiger partial charge on any atom is -0.465 e. The van der Waals surface area contributed by atoms with Crippen LogP contribution >= 0.6 is 0 Å². The highest BCUT2D eigenvalue weighted by Gasteiger charge is 2.58. The Hall–Kier alpha value is -2.25. The molecule has 0 saturated heterocycles. The molecule has 1 aliphatic carbocycles. The van der Waals surface area contributed by atoms with Crippen LogP contribution in [0.15, 0.2) is 28.7 Å². The van der Waals surface area contributed by atoms with Crippen molar-refractivity contribution in [3.63, 3.8) is 0 Å². The van der Waals surface area contributed by atoms with E-state index in [4.69, 9.17) is 9.47 Å². The number of carbonyl (C=O) groups excluding carboxylic acids is 3. The van der Waals surface area contributed by atoms with Gasteiger partial charge in [0.25, 0.3) is 16.1 Å². The number of esters is 2. The largest absolute Gasteiger partial charge is 0.465 e. The minimum absolute atomic E-state index is 0.00316. The molecule has 8 nitrogen and oxygen atoms in total. The molecule has 1 rings (SSSR count). The third-order valence-corrected chi connectivity index (χ3v) is 4.65. The zero-order chi connectivity index (χ0) is 18.4. The van der Waals surface area contributed by atoms with E-state index >= 15 is 0 Å². The molecule has 0 spiro atoms. The smallest absolute Gasteiger partial charge is 0.329 e. The Balaban J connectivity index is 3.50. The van der Waals surface area contributed by atoms with E-state index in [9.17, 15) is 22.8 Å². The Bertz CT molecular complexity index is 701. The van der Waals surface area contributed by atoms with Gasteiger partial charge in [-0.05, 0) is 20.3 Å². The van der Waals surface area contributed by atoms with Crippen LogP contribution in [-0.2, 0) is 33.9 Å². The number of rotatable bonds is 7. The summed E-state index contributed by atoms with van der Waals surface area (Å²) in [5, 5.41) is -1.76. The van der Waals surface area contributed by atoms with Gasteiger partial charge in [-0.25, -0.2) is 13.2 Å². The second-order valence-electron chi connectivity index (χ2n) is 5.32. The lowest BCUT2D eigenvalue weighted by Crippen LogP contribution is -2.52. The van der Waals surface area contributed by atoms with Crippen molar-refractivity contribution in [2.24, 2.45) is 9.81 Å². The molecule has 0 radical (unpaired) electrons. The molecule has 0 amide bonds. The summed E-state index contributed by atoms with van der Waals surface area (Å²) < 4.78 is 37.3. The maximum atomic E-state index is 12.6. The van der Waals surface area contributed by atoms with Crippen molar-refractivity contribution in [3.8, 4) is 0 Å². The van der Waals surface area contributed by atoms with Crippen molar-refractivity contribution in [3.05, 3.63) is 24.3 Å². The number of hydrogen-bond acceptors (Lipinski definition) is 7. The zero-order valence-corrected chi connectivity index (χ0v) is 14.4. The summed E-state index contributed by atoms with van der Waals surface area (Å²) in [4.78, 5) is 35.6. The summed E-state index contributed by atoms with van der Waals surface area (Å²) >= 11 is 0. The summed E-state index contributed by atoms with van der Waals surface area (Å²) in [5.74, 6) is -2.17. The number of sulfonamides is 1. The summed E-state index contributed by atoms with van der Waals surface area (Å²) in [7, 11) is -4.53. The van der Waals surface area contributed by atoms with Crippen LogP contribution in [-0.4, -0.2) is 44.4 Å². The molecule has 132 valence electrons. The topological polar surface area (TPSA) is 116 Å². The van der Waals surface area contributed by atoms with Gasteiger partial charge < -0.3 is 9.47 Å². The fourth-order valence-electron chi connectivity index (χ4n) is 2.14. The minimum atomic E-state index is -4.53. The van der Waals surface area contributed by atoms with Gasteiger partial charge in [0.1, 0.15) is 5.25 Å². The lowest BCUT2D eigenvalue weighted by atomic mass is 9.81. The average Bonchev–Trinajstić information content (AvgIpc) is 2.51. The second kappa shape index (κ2) is 8.03. The molecule has 0 aromatic carbocycles. The van der Waals surface area contributed by atoms with Crippen molar-refractivity contribution in [2.45, 2.75) is 38.5 Å². The first kappa shape index (κ1) is 19.8. The maximum absolute atomic E-state index is 12.6. The van der Waals surface area contributed by atoms with E-state index in [0.717, 1.165) is 18.2 Å². The molecule has 0 heterocycles. The molecule has 2 unspecified atom stereocenters. The number of hydrogen-bond donors (Lipinski definition) is 0. The summed E-state index contributed by atoms with van der Waals surface area (Å²) in [6.45, 7) is 4.85. The predicted molar refractivity (Wildman–Crippen MR) is 84.0 cm³/mol. The van der Waals surface area contributed by atoms with Crippen LogP contribution in [0.4, 0.5) is 0 Å². The fourth-order valence-corrected chi connectivity index (χ4v) is 3.39. The lowest BCUT2D eigenvalue weighted by molar-refractivity contribution is -0.170. The molecular weight excluding hydrogens is 338 g/mol. The Morgan fingerprint density at radius 1 is 1.29 bits per heavy atom. The predicted octanol–water partition coefficient (Wildman–Crippen LogP) is 1.04. The van der Waals surface area contributed by atoms with Crippen LogP contribution in [0.3, 0.4) is 0 Å². The standard InChI is InChI=1S/C15H19NO7S/c1-4-9-22-13(18)15(14(19)23-11(2)3)8-6-5-7-12(15)24(20,21)16-10-17/h5-8,11-12H,4,9H2,1-3H3. The maximum Gasteiger partial charge on any atom is 0.329 e. The van der Waals surface area contributed by atoms with Crippen molar-refractivity contribution >= 4 is 28.0 Å². The summed E-state index contributed by atoms with van der Waals surface area (Å²) in [5.41, 5.74) is -2.27. The Kier molecular flexibility index (Phi) is 6.62. The molecule has 0 aromatic rings. The zero-order valence-electron chi connectivity index (χ0n) is 13.6. The van der Waals surface area contributed by atoms with Crippen molar-refractivity contribution in [1.29, 1.82) is 0 Å². The van der Waals surface area contributed by atoms with Gasteiger partial charge in [-0.15, -0.1) is 0 Å². The van der Waals surface area contributed by atoms with E-state index in [0.29, 0.717) is 6.42 Å². The SMILES string of the molecule is CCCOC(=O)C1(C(=O)OC(C)C)C=CC=CC1S(=O)(=O)N=C=O. The van der Waals surface area contributed by atoms with Crippen LogP contribution < -0.4 is 0 Å². The van der Waals surface area contributed by atoms with Gasteiger partial charge in [-0.2, -0.15) is 0 Å². The van der Waals surface area contributed by atoms with Crippen LogP contribution in [0.2, 0.25) is 0 Å². The van der Waals surface area contributed by atoms with E-state index in [1.807, 2.05) is 0 Å². The molecule has 0 saturated carbocycles. The normalized spacial score (nSPS) is 22.8. The Labute approximate surface area is 140 Å². The third kappa shape index (κ3) is 3.98. The van der Waals surface area contributed by atoms with Gasteiger partial charge >= 0.3 is 11.9 Å². The molecule has 0 N–H and O–H groups in total. The second-order valence-corrected chi connectivity index (χ2v) is 7.04. The molecule has 0 aromatic heterocycles. The number of ether oxygens (including phenoxy) is 2. The molecule has 1 aliphatic rings. The molecule has 9 heteroatoms. The first-order chi connectivity index (χ1) is 11.2. The molecule has 0 fully saturated rings. The molecule has 0 bridgehead atoms. The van der Waals surface area contributed by atoms with Crippen LogP contribution in [0, 0.1) is 5.41 Å². The number of allylic oxidation sites excluding steroid dienone is 2. The summed E-state index contributed by atoms with van der Waals surface area (Å²) in [6.07, 6.45) is 5.67. The van der Waals surface area contributed by atoms with Crippen molar-refractivity contribution in [2.75, 3.05) is 6.61 Å².